The van der Waals surface area contributed by atoms with Crippen LogP contribution >= 0.6 is 0 Å². The maximum absolute atomic E-state index is 2.49. The van der Waals surface area contributed by atoms with Gasteiger partial charge in [0.2, 0.25) is 0 Å². The average molecular weight is 875 g/mol. The van der Waals surface area contributed by atoms with E-state index in [-0.39, 0.29) is 0 Å². The molecule has 2 heterocycles. The quantitative estimate of drug-likeness (QED) is 0.162. The Morgan fingerprint density at radius 2 is 0.725 bits per heavy atom. The summed E-state index contributed by atoms with van der Waals surface area (Å²) in [6.07, 6.45) is 0. The van der Waals surface area contributed by atoms with Gasteiger partial charge in [0.05, 0.1) is 22.0 Å². The molecule has 0 N–H and O–H groups in total. The van der Waals surface area contributed by atoms with Gasteiger partial charge in [0, 0.05) is 38.6 Å². The van der Waals surface area contributed by atoms with Crippen LogP contribution in [0.1, 0.15) is 22.3 Å². The summed E-state index contributed by atoms with van der Waals surface area (Å²) in [5, 5.41) is 5.19. The SMILES string of the molecule is c1ccc(-c2ccc(N(c3cccc(-c4cccc(-c5ccc6c7cccc8c9ccccc9n(c6c5)c87)c4)c3)c3ccc4c(c3)C3(c5ccccc5-c5ccccc53)c3ccccc3-4)cc2)cc1. The normalized spacial score (nSPS) is 13.0. The minimum Gasteiger partial charge on any atom is -0.310 e. The van der Waals surface area contributed by atoms with Crippen molar-refractivity contribution in [2.45, 2.75) is 5.41 Å². The van der Waals surface area contributed by atoms with Crippen LogP contribution in [0.5, 0.6) is 0 Å². The molecule has 0 aliphatic heterocycles. The lowest BCUT2D eigenvalue weighted by Crippen LogP contribution is -2.26. The molecule has 1 spiro atoms. The van der Waals surface area contributed by atoms with Crippen LogP contribution in [0, 0.1) is 0 Å². The highest BCUT2D eigenvalue weighted by Gasteiger charge is 2.51. The van der Waals surface area contributed by atoms with E-state index in [0.717, 1.165) is 22.6 Å². The van der Waals surface area contributed by atoms with Crippen LogP contribution in [0.4, 0.5) is 17.1 Å². The Hall–Kier alpha value is -8.98. The number of para-hydroxylation sites is 2. The first-order chi connectivity index (χ1) is 34.2. The van der Waals surface area contributed by atoms with Crippen molar-refractivity contribution < 1.29 is 0 Å². The number of nitrogens with zero attached hydrogens (tertiary/aromatic N) is 2. The maximum Gasteiger partial charge on any atom is 0.0726 e. The standard InChI is InChI=1S/C67H42N2/c1-2-15-43(16-3-1)44-31-34-49(35-32-44)68(51-36-38-55-54-23-6-10-29-62(54)67(63(55)42-51)60-27-8-4-21-52(60)53-22-5-9-28-61(53)67)50-20-13-19-47(40-50)45-17-12-18-46(39-45)48-33-37-57-59-26-14-25-58-56-24-7-11-30-64(56)69(66(58)59)65(57)41-48/h1-42H. The molecular formula is C67H42N2. The topological polar surface area (TPSA) is 7.65 Å². The number of aromatic nitrogens is 1. The van der Waals surface area contributed by atoms with E-state index < -0.39 is 5.41 Å². The summed E-state index contributed by atoms with van der Waals surface area (Å²) in [5.41, 5.74) is 24.4. The molecule has 0 unspecified atom stereocenters. The van der Waals surface area contributed by atoms with E-state index in [1.165, 1.54) is 110 Å². The largest absolute Gasteiger partial charge is 0.310 e. The third kappa shape index (κ3) is 5.37. The molecule has 15 rings (SSSR count). The van der Waals surface area contributed by atoms with Gasteiger partial charge < -0.3 is 9.30 Å². The third-order valence-corrected chi connectivity index (χ3v) is 15.3. The number of anilines is 3. The van der Waals surface area contributed by atoms with Gasteiger partial charge >= 0.3 is 0 Å². The van der Waals surface area contributed by atoms with Gasteiger partial charge in [-0.25, -0.2) is 0 Å². The molecule has 320 valence electrons. The van der Waals surface area contributed by atoms with Gasteiger partial charge in [-0.1, -0.05) is 200 Å². The number of hydrogen-bond acceptors (Lipinski definition) is 1. The Balaban J connectivity index is 0.886. The Labute approximate surface area is 400 Å². The molecule has 0 fully saturated rings. The molecular weight excluding hydrogens is 833 g/mol. The molecule has 0 atom stereocenters. The molecule has 2 heteroatoms. The van der Waals surface area contributed by atoms with Crippen LogP contribution in [0.15, 0.2) is 255 Å². The molecule has 2 aliphatic carbocycles. The molecule has 0 saturated carbocycles. The minimum absolute atomic E-state index is 0.443. The number of benzene rings is 11. The number of rotatable bonds is 6. The molecule has 0 saturated heterocycles. The lowest BCUT2D eigenvalue weighted by molar-refractivity contribution is 0.793. The van der Waals surface area contributed by atoms with Crippen molar-refractivity contribution in [3.63, 3.8) is 0 Å². The molecule has 0 radical (unpaired) electrons. The number of fused-ring (bicyclic) bond motifs is 16. The monoisotopic (exact) mass is 874 g/mol. The van der Waals surface area contributed by atoms with Gasteiger partial charge in [-0.15, -0.1) is 0 Å². The van der Waals surface area contributed by atoms with Crippen LogP contribution in [0.25, 0.3) is 93.7 Å². The fourth-order valence-corrected chi connectivity index (χ4v) is 12.4. The van der Waals surface area contributed by atoms with Crippen LogP contribution < -0.4 is 4.90 Å². The van der Waals surface area contributed by atoms with E-state index in [1.807, 2.05) is 0 Å². The zero-order valence-corrected chi connectivity index (χ0v) is 37.6. The molecule has 69 heavy (non-hydrogen) atoms. The summed E-state index contributed by atoms with van der Waals surface area (Å²) < 4.78 is 2.47. The van der Waals surface area contributed by atoms with Crippen molar-refractivity contribution in [2.24, 2.45) is 0 Å². The molecule has 13 aromatic rings. The van der Waals surface area contributed by atoms with E-state index >= 15 is 0 Å². The summed E-state index contributed by atoms with van der Waals surface area (Å²) in [4.78, 5) is 2.45. The first kappa shape index (κ1) is 38.2. The Bertz CT molecular complexity index is 4130. The summed E-state index contributed by atoms with van der Waals surface area (Å²) in [7, 11) is 0. The van der Waals surface area contributed by atoms with E-state index in [1.54, 1.807) is 0 Å². The zero-order valence-electron chi connectivity index (χ0n) is 37.6. The van der Waals surface area contributed by atoms with E-state index in [2.05, 4.69) is 264 Å². The second-order valence-corrected chi connectivity index (χ2v) is 18.8. The van der Waals surface area contributed by atoms with E-state index in [0.29, 0.717) is 0 Å². The lowest BCUT2D eigenvalue weighted by atomic mass is 9.70. The highest BCUT2D eigenvalue weighted by Crippen LogP contribution is 2.63. The van der Waals surface area contributed by atoms with Crippen molar-refractivity contribution >= 4 is 55.2 Å². The van der Waals surface area contributed by atoms with Gasteiger partial charge in [-0.3, -0.25) is 0 Å². The van der Waals surface area contributed by atoms with Crippen LogP contribution in [-0.4, -0.2) is 4.40 Å². The average Bonchev–Trinajstić information content (AvgIpc) is 4.13. The molecule has 0 bridgehead atoms. The van der Waals surface area contributed by atoms with Gasteiger partial charge in [0.25, 0.3) is 0 Å². The van der Waals surface area contributed by atoms with Gasteiger partial charge in [0.1, 0.15) is 0 Å². The second-order valence-electron chi connectivity index (χ2n) is 18.8. The van der Waals surface area contributed by atoms with Gasteiger partial charge in [0.15, 0.2) is 0 Å². The van der Waals surface area contributed by atoms with Crippen molar-refractivity contribution in [1.82, 2.24) is 4.40 Å². The van der Waals surface area contributed by atoms with Crippen molar-refractivity contribution in [3.8, 4) is 55.6 Å². The van der Waals surface area contributed by atoms with Crippen molar-refractivity contribution in [3.05, 3.63) is 277 Å². The summed E-state index contributed by atoms with van der Waals surface area (Å²) in [6.45, 7) is 0. The first-order valence-corrected chi connectivity index (χ1v) is 24.0. The minimum atomic E-state index is -0.443. The first-order valence-electron chi connectivity index (χ1n) is 24.0. The summed E-state index contributed by atoms with van der Waals surface area (Å²) >= 11 is 0. The van der Waals surface area contributed by atoms with E-state index in [4.69, 9.17) is 0 Å². The smallest absolute Gasteiger partial charge is 0.0726 e. The Kier molecular flexibility index (Phi) is 8.02. The maximum atomic E-state index is 2.49. The van der Waals surface area contributed by atoms with Gasteiger partial charge in [-0.05, 0) is 132 Å². The highest BCUT2D eigenvalue weighted by molar-refractivity contribution is 6.23. The Morgan fingerprint density at radius 1 is 0.261 bits per heavy atom. The highest BCUT2D eigenvalue weighted by atomic mass is 15.1. The lowest BCUT2D eigenvalue weighted by Gasteiger charge is -2.32. The van der Waals surface area contributed by atoms with Crippen molar-refractivity contribution in [2.75, 3.05) is 4.90 Å². The fourth-order valence-electron chi connectivity index (χ4n) is 12.4. The molecule has 11 aromatic carbocycles. The van der Waals surface area contributed by atoms with Crippen LogP contribution in [0.2, 0.25) is 0 Å². The number of hydrogen-bond donors (Lipinski definition) is 0. The van der Waals surface area contributed by atoms with Gasteiger partial charge in [-0.2, -0.15) is 0 Å². The van der Waals surface area contributed by atoms with E-state index in [9.17, 15) is 0 Å². The zero-order chi connectivity index (χ0) is 45.2. The molecule has 2 aromatic heterocycles. The van der Waals surface area contributed by atoms with Crippen LogP contribution in [0.3, 0.4) is 0 Å². The molecule has 2 nitrogen and oxygen atoms in total. The summed E-state index contributed by atoms with van der Waals surface area (Å²) in [6, 6.07) is 94.8. The third-order valence-electron chi connectivity index (χ3n) is 15.3. The predicted molar refractivity (Wildman–Crippen MR) is 288 cm³/mol. The fraction of sp³-hybridized carbons (Fsp3) is 0.0149. The molecule has 0 amide bonds. The Morgan fingerprint density at radius 3 is 1.42 bits per heavy atom. The molecule has 2 aliphatic rings. The summed E-state index contributed by atoms with van der Waals surface area (Å²) in [5.74, 6) is 0. The van der Waals surface area contributed by atoms with Crippen LogP contribution in [-0.2, 0) is 5.41 Å². The second kappa shape index (κ2) is 14.5. The van der Waals surface area contributed by atoms with Crippen molar-refractivity contribution in [1.29, 1.82) is 0 Å². The predicted octanol–water partition coefficient (Wildman–Crippen LogP) is 17.7.